The molecule has 4 heterocycles. The summed E-state index contributed by atoms with van der Waals surface area (Å²) in [5, 5.41) is 7.57. The molecule has 14 nitrogen and oxygen atoms in total. The van der Waals surface area contributed by atoms with Crippen LogP contribution < -0.4 is 26.4 Å². The monoisotopic (exact) mass is 885 g/mol. The SMILES string of the molecule is C[C@@H]1CN(c2ccc(-c3ccc(C(=O)NCCCCCCc4cccc5c4C(=O)N(C4CCC(=O)NC4=O)C5=O)cc3F)cc2NC(=O)c2c[nH]c(=O)cc2C(F)(F)F)C[C@H](C)N1C. The number of piperazine rings is 1. The molecule has 3 aliphatic heterocycles. The van der Waals surface area contributed by atoms with E-state index in [4.69, 9.17) is 0 Å². The van der Waals surface area contributed by atoms with Gasteiger partial charge in [0.15, 0.2) is 0 Å². The lowest BCUT2D eigenvalue weighted by Crippen LogP contribution is -2.55. The molecule has 64 heavy (non-hydrogen) atoms. The van der Waals surface area contributed by atoms with Gasteiger partial charge in [-0.05, 0) is 88.0 Å². The number of anilines is 2. The molecule has 6 amide bonds. The summed E-state index contributed by atoms with van der Waals surface area (Å²) in [6.45, 7) is 5.41. The maximum atomic E-state index is 15.8. The molecule has 0 spiro atoms. The molecule has 0 bridgehead atoms. The number of amides is 6. The average Bonchev–Trinajstić information content (AvgIpc) is 3.50. The van der Waals surface area contributed by atoms with Gasteiger partial charge < -0.3 is 20.5 Å². The number of piperidine rings is 1. The van der Waals surface area contributed by atoms with E-state index in [0.717, 1.165) is 23.8 Å². The first kappa shape index (κ1) is 45.3. The largest absolute Gasteiger partial charge is 0.417 e. The number of hydrogen-bond donors (Lipinski definition) is 4. The highest BCUT2D eigenvalue weighted by Gasteiger charge is 2.45. The number of rotatable bonds is 13. The molecule has 4 N–H and O–H groups in total. The van der Waals surface area contributed by atoms with Gasteiger partial charge in [-0.25, -0.2) is 4.39 Å². The molecule has 3 atom stereocenters. The molecule has 4 aromatic rings. The van der Waals surface area contributed by atoms with E-state index < -0.39 is 70.2 Å². The lowest BCUT2D eigenvalue weighted by atomic mass is 9.97. The number of benzene rings is 3. The maximum Gasteiger partial charge on any atom is 0.417 e. The number of H-pyrrole nitrogens is 1. The molecule has 336 valence electrons. The molecular weight excluding hydrogens is 839 g/mol. The van der Waals surface area contributed by atoms with Crippen LogP contribution in [-0.2, 0) is 22.2 Å². The van der Waals surface area contributed by atoms with Gasteiger partial charge in [-0.3, -0.25) is 48.7 Å². The number of unbranched alkanes of at least 4 members (excludes halogenated alkanes) is 3. The third-order valence-corrected chi connectivity index (χ3v) is 12.2. The van der Waals surface area contributed by atoms with Gasteiger partial charge in [0, 0.05) is 61.5 Å². The number of aryl methyl sites for hydroxylation is 1. The van der Waals surface area contributed by atoms with Crippen molar-refractivity contribution < 1.29 is 46.3 Å². The molecule has 3 aliphatic rings. The van der Waals surface area contributed by atoms with Crippen molar-refractivity contribution in [2.75, 3.05) is 36.9 Å². The number of aromatic amines is 1. The first-order valence-electron chi connectivity index (χ1n) is 21.1. The minimum Gasteiger partial charge on any atom is -0.367 e. The van der Waals surface area contributed by atoms with Crippen LogP contribution in [0.5, 0.6) is 0 Å². The fraction of sp³-hybridized carbons (Fsp3) is 0.370. The molecule has 0 aliphatic carbocycles. The summed E-state index contributed by atoms with van der Waals surface area (Å²) in [5.41, 5.74) is -0.970. The van der Waals surface area contributed by atoms with E-state index in [0.29, 0.717) is 68.0 Å². The van der Waals surface area contributed by atoms with Gasteiger partial charge in [0.1, 0.15) is 11.9 Å². The Morgan fingerprint density at radius 3 is 2.28 bits per heavy atom. The van der Waals surface area contributed by atoms with Crippen molar-refractivity contribution >= 4 is 46.8 Å². The predicted octanol–water partition coefficient (Wildman–Crippen LogP) is 5.92. The van der Waals surface area contributed by atoms with E-state index in [1.807, 2.05) is 25.8 Å². The van der Waals surface area contributed by atoms with Crippen LogP contribution in [0.2, 0.25) is 0 Å². The summed E-state index contributed by atoms with van der Waals surface area (Å²) in [7, 11) is 1.99. The number of halogens is 4. The molecule has 1 unspecified atom stereocenters. The quantitative estimate of drug-likeness (QED) is 0.0721. The van der Waals surface area contributed by atoms with Crippen LogP contribution in [0.4, 0.5) is 28.9 Å². The lowest BCUT2D eigenvalue weighted by molar-refractivity contribution is -0.138. The van der Waals surface area contributed by atoms with Crippen molar-refractivity contribution in [2.45, 2.75) is 83.1 Å². The van der Waals surface area contributed by atoms with Gasteiger partial charge in [0.2, 0.25) is 17.4 Å². The van der Waals surface area contributed by atoms with Crippen LogP contribution in [-0.4, -0.2) is 95.0 Å². The van der Waals surface area contributed by atoms with E-state index in [-0.39, 0.29) is 52.9 Å². The number of likely N-dealkylation sites (N-methyl/N-ethyl adjacent to an activating group) is 1. The topological polar surface area (TPSA) is 181 Å². The van der Waals surface area contributed by atoms with Crippen molar-refractivity contribution in [3.05, 3.63) is 116 Å². The summed E-state index contributed by atoms with van der Waals surface area (Å²) in [4.78, 5) is 96.1. The Morgan fingerprint density at radius 1 is 0.844 bits per heavy atom. The molecule has 0 saturated carbocycles. The molecule has 7 rings (SSSR count). The van der Waals surface area contributed by atoms with E-state index in [1.54, 1.807) is 30.3 Å². The second kappa shape index (κ2) is 18.6. The number of nitrogens with zero attached hydrogens (tertiary/aromatic N) is 3. The Bertz CT molecular complexity index is 2580. The number of nitrogens with one attached hydrogen (secondary N) is 4. The number of carbonyl (C=O) groups is 6. The van der Waals surface area contributed by atoms with E-state index in [2.05, 4.69) is 25.8 Å². The van der Waals surface area contributed by atoms with Gasteiger partial charge in [0.05, 0.1) is 33.6 Å². The zero-order chi connectivity index (χ0) is 46.0. The highest BCUT2D eigenvalue weighted by atomic mass is 19.4. The van der Waals surface area contributed by atoms with Gasteiger partial charge in [-0.2, -0.15) is 13.2 Å². The van der Waals surface area contributed by atoms with E-state index >= 15 is 4.39 Å². The summed E-state index contributed by atoms with van der Waals surface area (Å²) in [6, 6.07) is 13.2. The average molecular weight is 886 g/mol. The third kappa shape index (κ3) is 9.46. The molecule has 18 heteroatoms. The van der Waals surface area contributed by atoms with Crippen LogP contribution in [0.15, 0.2) is 71.7 Å². The zero-order valence-electron chi connectivity index (χ0n) is 35.4. The third-order valence-electron chi connectivity index (χ3n) is 12.2. The number of fused-ring (bicyclic) bond motifs is 1. The molecule has 0 radical (unpaired) electrons. The summed E-state index contributed by atoms with van der Waals surface area (Å²) in [5.74, 6) is -4.60. The van der Waals surface area contributed by atoms with Crippen molar-refractivity contribution in [3.63, 3.8) is 0 Å². The van der Waals surface area contributed by atoms with Crippen molar-refractivity contribution in [3.8, 4) is 11.1 Å². The van der Waals surface area contributed by atoms with Crippen LogP contribution in [0.25, 0.3) is 11.1 Å². The standard InChI is InChI=1S/C46H47F4N7O7/c1-25-23-56(24-26(2)55(25)3)36-15-13-28(20-35(36)53-42(61)32-22-52-39(59)21-33(32)46(48,49)50)30-14-12-29(19-34(30)47)41(60)51-18-7-5-4-6-9-27-10-8-11-31-40(27)45(64)57(44(31)63)37-16-17-38(58)54-43(37)62/h8,10-15,19-22,25-26,37H,4-7,9,16-18,23-24H2,1-3H3,(H,51,60)(H,52,59)(H,53,61)(H,54,58,62)/t25-,26+,37?. The Hall–Kier alpha value is -6.69. The number of carbonyl (C=O) groups excluding carboxylic acids is 6. The zero-order valence-corrected chi connectivity index (χ0v) is 35.4. The first-order chi connectivity index (χ1) is 30.4. The Morgan fingerprint density at radius 2 is 1.58 bits per heavy atom. The molecule has 2 fully saturated rings. The number of hydrogen-bond acceptors (Lipinski definition) is 9. The minimum atomic E-state index is -4.99. The lowest BCUT2D eigenvalue weighted by Gasteiger charge is -2.44. The molecule has 3 aromatic carbocycles. The summed E-state index contributed by atoms with van der Waals surface area (Å²) < 4.78 is 57.5. The Kier molecular flexibility index (Phi) is 13.2. The minimum absolute atomic E-state index is 0.0306. The predicted molar refractivity (Wildman–Crippen MR) is 228 cm³/mol. The molecule has 2 saturated heterocycles. The first-order valence-corrected chi connectivity index (χ1v) is 21.1. The second-order valence-corrected chi connectivity index (χ2v) is 16.5. The number of pyridine rings is 1. The van der Waals surface area contributed by atoms with E-state index in [1.165, 1.54) is 18.2 Å². The van der Waals surface area contributed by atoms with Crippen LogP contribution in [0.3, 0.4) is 0 Å². The molecule has 1 aromatic heterocycles. The fourth-order valence-electron chi connectivity index (χ4n) is 8.55. The van der Waals surface area contributed by atoms with Gasteiger partial charge in [-0.1, -0.05) is 37.1 Å². The summed E-state index contributed by atoms with van der Waals surface area (Å²) in [6.07, 6.45) is -0.931. The highest BCUT2D eigenvalue weighted by Crippen LogP contribution is 2.37. The van der Waals surface area contributed by atoms with Crippen molar-refractivity contribution in [1.82, 2.24) is 25.4 Å². The van der Waals surface area contributed by atoms with Crippen molar-refractivity contribution in [1.29, 1.82) is 0 Å². The van der Waals surface area contributed by atoms with E-state index in [9.17, 15) is 46.7 Å². The van der Waals surface area contributed by atoms with Gasteiger partial charge >= 0.3 is 6.18 Å². The highest BCUT2D eigenvalue weighted by molar-refractivity contribution is 6.24. The number of alkyl halides is 3. The summed E-state index contributed by atoms with van der Waals surface area (Å²) >= 11 is 0. The Balaban J connectivity index is 0.968. The van der Waals surface area contributed by atoms with Gasteiger partial charge in [-0.15, -0.1) is 0 Å². The molecular formula is C46H47F4N7O7. The Labute approximate surface area is 365 Å². The number of aromatic nitrogens is 1. The maximum absolute atomic E-state index is 15.8. The van der Waals surface area contributed by atoms with Crippen LogP contribution in [0, 0.1) is 5.82 Å². The second-order valence-electron chi connectivity index (χ2n) is 16.5. The van der Waals surface area contributed by atoms with Crippen LogP contribution >= 0.6 is 0 Å². The fourth-order valence-corrected chi connectivity index (χ4v) is 8.55. The van der Waals surface area contributed by atoms with Crippen molar-refractivity contribution in [2.24, 2.45) is 0 Å². The normalized spacial score (nSPS) is 19.1. The van der Waals surface area contributed by atoms with Gasteiger partial charge in [0.25, 0.3) is 23.6 Å². The smallest absolute Gasteiger partial charge is 0.367 e. The number of imide groups is 2. The van der Waals surface area contributed by atoms with Crippen LogP contribution in [0.1, 0.15) is 105 Å².